The highest BCUT2D eigenvalue weighted by Crippen LogP contribution is 2.28. The van der Waals surface area contributed by atoms with Crippen molar-refractivity contribution in [2.45, 2.75) is 12.7 Å². The molecule has 0 aliphatic carbocycles. The Hall–Kier alpha value is -3.66. The summed E-state index contributed by atoms with van der Waals surface area (Å²) in [4.78, 5) is 31.4. The van der Waals surface area contributed by atoms with Gasteiger partial charge in [-0.3, -0.25) is 14.9 Å². The lowest BCUT2D eigenvalue weighted by Crippen LogP contribution is -2.23. The van der Waals surface area contributed by atoms with Crippen LogP contribution in [0.5, 0.6) is 0 Å². The first kappa shape index (κ1) is 22.0. The molecule has 11 heteroatoms. The van der Waals surface area contributed by atoms with E-state index in [2.05, 4.69) is 20.6 Å². The Labute approximate surface area is 179 Å². The predicted molar refractivity (Wildman–Crippen MR) is 108 cm³/mol. The van der Waals surface area contributed by atoms with E-state index >= 15 is 0 Å². The maximum Gasteiger partial charge on any atom is 0.419 e. The van der Waals surface area contributed by atoms with Crippen LogP contribution in [0.3, 0.4) is 0 Å². The molecule has 7 nitrogen and oxygen atoms in total. The van der Waals surface area contributed by atoms with Crippen LogP contribution in [-0.2, 0) is 12.7 Å². The summed E-state index contributed by atoms with van der Waals surface area (Å²) < 4.78 is 37.6. The Morgan fingerprint density at radius 1 is 1.00 bits per heavy atom. The van der Waals surface area contributed by atoms with Gasteiger partial charge in [-0.1, -0.05) is 23.7 Å². The summed E-state index contributed by atoms with van der Waals surface area (Å²) in [5.74, 6) is -1.23. The van der Waals surface area contributed by atoms with Crippen molar-refractivity contribution in [1.29, 1.82) is 0 Å². The number of alkyl halides is 3. The van der Waals surface area contributed by atoms with Gasteiger partial charge in [-0.2, -0.15) is 13.2 Å². The minimum Gasteiger partial charge on any atom is -0.398 e. The van der Waals surface area contributed by atoms with Crippen LogP contribution < -0.4 is 16.4 Å². The number of amides is 2. The monoisotopic (exact) mass is 449 g/mol. The molecule has 0 atom stereocenters. The maximum absolute atomic E-state index is 12.5. The van der Waals surface area contributed by atoms with Gasteiger partial charge in [0.1, 0.15) is 0 Å². The Kier molecular flexibility index (Phi) is 6.40. The van der Waals surface area contributed by atoms with Gasteiger partial charge in [0.05, 0.1) is 11.1 Å². The summed E-state index contributed by atoms with van der Waals surface area (Å²) in [5.41, 5.74) is 6.25. The lowest BCUT2D eigenvalue weighted by molar-refractivity contribution is -0.138. The van der Waals surface area contributed by atoms with Crippen molar-refractivity contribution in [3.05, 3.63) is 82.1 Å². The summed E-state index contributed by atoms with van der Waals surface area (Å²) in [6.45, 7) is 0.185. The van der Waals surface area contributed by atoms with Crippen LogP contribution in [0.2, 0.25) is 5.02 Å². The average molecular weight is 450 g/mol. The highest BCUT2D eigenvalue weighted by molar-refractivity contribution is 6.31. The number of benzene rings is 2. The molecule has 2 aromatic carbocycles. The Morgan fingerprint density at radius 2 is 1.65 bits per heavy atom. The Bertz CT molecular complexity index is 1100. The van der Waals surface area contributed by atoms with Gasteiger partial charge >= 0.3 is 6.18 Å². The number of rotatable bonds is 5. The number of hydrogen-bond donors (Lipinski definition) is 3. The number of nitrogen functional groups attached to an aromatic ring is 1. The van der Waals surface area contributed by atoms with E-state index in [1.165, 1.54) is 24.3 Å². The lowest BCUT2D eigenvalue weighted by Gasteiger charge is -2.09. The SMILES string of the molecule is Nc1cc(Cl)ccc1C(=O)NCc1ccc(C(=O)Nc2ncc(C(F)(F)F)cn2)cc1. The van der Waals surface area contributed by atoms with Gasteiger partial charge in [0.25, 0.3) is 11.8 Å². The molecule has 0 bridgehead atoms. The van der Waals surface area contributed by atoms with E-state index in [-0.39, 0.29) is 35.2 Å². The predicted octanol–water partition coefficient (Wildman–Crippen LogP) is 3.91. The van der Waals surface area contributed by atoms with Crippen molar-refractivity contribution in [2.24, 2.45) is 0 Å². The van der Waals surface area contributed by atoms with E-state index in [1.54, 1.807) is 18.2 Å². The highest BCUT2D eigenvalue weighted by atomic mass is 35.5. The molecule has 0 saturated carbocycles. The van der Waals surface area contributed by atoms with Crippen molar-refractivity contribution in [1.82, 2.24) is 15.3 Å². The second kappa shape index (κ2) is 9.00. The molecule has 1 heterocycles. The van der Waals surface area contributed by atoms with E-state index in [0.29, 0.717) is 23.0 Å². The third kappa shape index (κ3) is 5.70. The first-order chi connectivity index (χ1) is 14.6. The van der Waals surface area contributed by atoms with E-state index < -0.39 is 17.6 Å². The van der Waals surface area contributed by atoms with E-state index in [9.17, 15) is 22.8 Å². The molecule has 0 fully saturated rings. The van der Waals surface area contributed by atoms with Crippen molar-refractivity contribution < 1.29 is 22.8 Å². The van der Waals surface area contributed by atoms with Crippen molar-refractivity contribution in [3.8, 4) is 0 Å². The molecule has 0 unspecified atom stereocenters. The van der Waals surface area contributed by atoms with Crippen molar-refractivity contribution in [3.63, 3.8) is 0 Å². The van der Waals surface area contributed by atoms with E-state index in [4.69, 9.17) is 17.3 Å². The number of aromatic nitrogens is 2. The second-order valence-electron chi connectivity index (χ2n) is 6.36. The van der Waals surface area contributed by atoms with Gasteiger partial charge in [0.15, 0.2) is 0 Å². The molecule has 0 spiro atoms. The molecular formula is C20H15ClF3N5O2. The molecule has 1 aromatic heterocycles. The number of carbonyl (C=O) groups is 2. The molecule has 4 N–H and O–H groups in total. The summed E-state index contributed by atoms with van der Waals surface area (Å²) in [7, 11) is 0. The van der Waals surface area contributed by atoms with Gasteiger partial charge < -0.3 is 11.1 Å². The van der Waals surface area contributed by atoms with Gasteiger partial charge in [0.2, 0.25) is 5.95 Å². The third-order valence-electron chi connectivity index (χ3n) is 4.13. The molecule has 3 rings (SSSR count). The highest BCUT2D eigenvalue weighted by Gasteiger charge is 2.31. The number of anilines is 2. The minimum atomic E-state index is -4.56. The van der Waals surface area contributed by atoms with Crippen LogP contribution in [0, 0.1) is 0 Å². The van der Waals surface area contributed by atoms with Crippen molar-refractivity contribution in [2.75, 3.05) is 11.1 Å². The standard InChI is InChI=1S/C20H15ClF3N5O2/c21-14-5-6-15(16(25)7-14)18(31)26-8-11-1-3-12(4-2-11)17(30)29-19-27-9-13(10-28-19)20(22,23)24/h1-7,9-10H,8,25H2,(H,26,31)(H,27,28,29,30). The van der Waals surface area contributed by atoms with Crippen LogP contribution in [0.1, 0.15) is 31.8 Å². The molecule has 0 radical (unpaired) electrons. The van der Waals surface area contributed by atoms with Gasteiger partial charge in [-0.05, 0) is 35.9 Å². The molecule has 2 amide bonds. The number of carbonyl (C=O) groups excluding carboxylic acids is 2. The topological polar surface area (TPSA) is 110 Å². The number of nitrogens with two attached hydrogens (primary N) is 1. The summed E-state index contributed by atoms with van der Waals surface area (Å²) in [5, 5.41) is 5.44. The molecule has 0 aliphatic heterocycles. The fourth-order valence-corrected chi connectivity index (χ4v) is 2.69. The van der Waals surface area contributed by atoms with Gasteiger partial charge in [0, 0.05) is 35.2 Å². The smallest absolute Gasteiger partial charge is 0.398 e. The average Bonchev–Trinajstić information content (AvgIpc) is 2.72. The molecule has 3 aromatic rings. The first-order valence-electron chi connectivity index (χ1n) is 8.76. The van der Waals surface area contributed by atoms with Crippen molar-refractivity contribution >= 4 is 35.1 Å². The zero-order valence-corrected chi connectivity index (χ0v) is 16.5. The largest absolute Gasteiger partial charge is 0.419 e. The second-order valence-corrected chi connectivity index (χ2v) is 6.79. The number of nitrogens with zero attached hydrogens (tertiary/aromatic N) is 2. The van der Waals surface area contributed by atoms with Gasteiger partial charge in [-0.25, -0.2) is 9.97 Å². The lowest BCUT2D eigenvalue weighted by atomic mass is 10.1. The third-order valence-corrected chi connectivity index (χ3v) is 4.37. The molecule has 0 aliphatic rings. The fourth-order valence-electron chi connectivity index (χ4n) is 2.50. The Morgan fingerprint density at radius 3 is 2.23 bits per heavy atom. The summed E-state index contributed by atoms with van der Waals surface area (Å²) in [6, 6.07) is 10.8. The molecule has 0 saturated heterocycles. The summed E-state index contributed by atoms with van der Waals surface area (Å²) >= 11 is 5.81. The normalized spacial score (nSPS) is 11.1. The minimum absolute atomic E-state index is 0.185. The zero-order valence-electron chi connectivity index (χ0n) is 15.7. The van der Waals surface area contributed by atoms with Crippen LogP contribution in [0.4, 0.5) is 24.8 Å². The van der Waals surface area contributed by atoms with Crippen LogP contribution in [0.25, 0.3) is 0 Å². The molecule has 160 valence electrons. The number of hydrogen-bond acceptors (Lipinski definition) is 5. The number of nitrogens with one attached hydrogen (secondary N) is 2. The number of halogens is 4. The van der Waals surface area contributed by atoms with Crippen LogP contribution in [-0.4, -0.2) is 21.8 Å². The quantitative estimate of drug-likeness (QED) is 0.511. The summed E-state index contributed by atoms with van der Waals surface area (Å²) in [6.07, 6.45) is -3.39. The zero-order chi connectivity index (χ0) is 22.6. The Balaban J connectivity index is 1.58. The van der Waals surface area contributed by atoms with Gasteiger partial charge in [-0.15, -0.1) is 0 Å². The van der Waals surface area contributed by atoms with E-state index in [1.807, 2.05) is 0 Å². The molecule has 31 heavy (non-hydrogen) atoms. The fraction of sp³-hybridized carbons (Fsp3) is 0.100. The van der Waals surface area contributed by atoms with Crippen LogP contribution in [0.15, 0.2) is 54.9 Å². The first-order valence-corrected chi connectivity index (χ1v) is 9.14. The van der Waals surface area contributed by atoms with Crippen LogP contribution >= 0.6 is 11.6 Å². The molecular weight excluding hydrogens is 435 g/mol. The van der Waals surface area contributed by atoms with E-state index in [0.717, 1.165) is 0 Å². The maximum atomic E-state index is 12.5.